The molecule has 1 aromatic heterocycles. The molecule has 0 bridgehead atoms. The van der Waals surface area contributed by atoms with Crippen LogP contribution in [0.25, 0.3) is 0 Å². The van der Waals surface area contributed by atoms with Crippen molar-refractivity contribution in [1.29, 1.82) is 0 Å². The van der Waals surface area contributed by atoms with Crippen molar-refractivity contribution >= 4 is 17.3 Å². The Kier molecular flexibility index (Phi) is 4.88. The van der Waals surface area contributed by atoms with Crippen LogP contribution in [0.4, 0.5) is 15.8 Å². The summed E-state index contributed by atoms with van der Waals surface area (Å²) >= 11 is 0. The number of rotatable bonds is 6. The van der Waals surface area contributed by atoms with E-state index in [1.165, 1.54) is 12.1 Å². The van der Waals surface area contributed by atoms with Gasteiger partial charge in [0, 0.05) is 23.8 Å². The number of carbonyl (C=O) groups is 1. The van der Waals surface area contributed by atoms with Crippen molar-refractivity contribution in [2.75, 3.05) is 23.8 Å². The van der Waals surface area contributed by atoms with Crippen LogP contribution in [-0.4, -0.2) is 24.1 Å². The van der Waals surface area contributed by atoms with Crippen molar-refractivity contribution in [3.63, 3.8) is 0 Å². The highest BCUT2D eigenvalue weighted by molar-refractivity contribution is 5.80. The molecule has 0 saturated heterocycles. The van der Waals surface area contributed by atoms with E-state index in [0.29, 0.717) is 0 Å². The predicted molar refractivity (Wildman–Crippen MR) is 75.8 cm³/mol. The van der Waals surface area contributed by atoms with Crippen molar-refractivity contribution in [2.24, 2.45) is 0 Å². The van der Waals surface area contributed by atoms with Crippen LogP contribution in [-0.2, 0) is 4.79 Å². The van der Waals surface area contributed by atoms with Gasteiger partial charge in [0.2, 0.25) is 5.91 Å². The highest BCUT2D eigenvalue weighted by atomic mass is 19.1. The SMILES string of the molecule is O=C(CNc1ccncc1)NCNc1ccc(F)cc1. The molecule has 2 rings (SSSR count). The summed E-state index contributed by atoms with van der Waals surface area (Å²) in [5, 5.41) is 8.63. The average Bonchev–Trinajstić information content (AvgIpc) is 2.48. The molecule has 0 atom stereocenters. The van der Waals surface area contributed by atoms with Crippen LogP contribution in [0, 0.1) is 5.82 Å². The zero-order valence-electron chi connectivity index (χ0n) is 10.8. The van der Waals surface area contributed by atoms with Gasteiger partial charge in [-0.15, -0.1) is 0 Å². The Hall–Kier alpha value is -2.63. The van der Waals surface area contributed by atoms with Gasteiger partial charge in [-0.05, 0) is 36.4 Å². The van der Waals surface area contributed by atoms with Crippen molar-refractivity contribution in [3.05, 3.63) is 54.6 Å². The van der Waals surface area contributed by atoms with E-state index in [1.54, 1.807) is 36.7 Å². The fourth-order valence-corrected chi connectivity index (χ4v) is 1.53. The van der Waals surface area contributed by atoms with Crippen molar-refractivity contribution in [2.45, 2.75) is 0 Å². The molecule has 5 nitrogen and oxygen atoms in total. The summed E-state index contributed by atoms with van der Waals surface area (Å²) in [4.78, 5) is 15.5. The molecule has 1 heterocycles. The molecule has 20 heavy (non-hydrogen) atoms. The Morgan fingerprint density at radius 1 is 1.00 bits per heavy atom. The minimum Gasteiger partial charge on any atom is -0.376 e. The lowest BCUT2D eigenvalue weighted by Crippen LogP contribution is -2.33. The summed E-state index contributed by atoms with van der Waals surface area (Å²) in [6.45, 7) is 0.456. The number of carbonyl (C=O) groups excluding carboxylic acids is 1. The normalized spacial score (nSPS) is 9.85. The van der Waals surface area contributed by atoms with Gasteiger partial charge in [-0.1, -0.05) is 0 Å². The van der Waals surface area contributed by atoms with Gasteiger partial charge in [0.25, 0.3) is 0 Å². The Morgan fingerprint density at radius 3 is 2.35 bits per heavy atom. The summed E-state index contributed by atoms with van der Waals surface area (Å²) in [6.07, 6.45) is 3.30. The maximum Gasteiger partial charge on any atom is 0.240 e. The maximum absolute atomic E-state index is 12.7. The summed E-state index contributed by atoms with van der Waals surface area (Å²) in [7, 11) is 0. The molecule has 2 aromatic rings. The first-order valence-electron chi connectivity index (χ1n) is 6.14. The van der Waals surface area contributed by atoms with Gasteiger partial charge >= 0.3 is 0 Å². The van der Waals surface area contributed by atoms with E-state index in [1.807, 2.05) is 0 Å². The van der Waals surface area contributed by atoms with E-state index in [-0.39, 0.29) is 24.9 Å². The topological polar surface area (TPSA) is 66.0 Å². The van der Waals surface area contributed by atoms with Crippen LogP contribution < -0.4 is 16.0 Å². The predicted octanol–water partition coefficient (Wildman–Crippen LogP) is 1.82. The summed E-state index contributed by atoms with van der Waals surface area (Å²) in [5.41, 5.74) is 1.58. The van der Waals surface area contributed by atoms with E-state index in [4.69, 9.17) is 0 Å². The van der Waals surface area contributed by atoms with Crippen LogP contribution >= 0.6 is 0 Å². The number of benzene rings is 1. The number of nitrogens with zero attached hydrogens (tertiary/aromatic N) is 1. The average molecular weight is 274 g/mol. The van der Waals surface area contributed by atoms with E-state index in [0.717, 1.165) is 11.4 Å². The van der Waals surface area contributed by atoms with Gasteiger partial charge in [0.1, 0.15) is 5.82 Å². The Labute approximate surface area is 116 Å². The molecule has 1 amide bonds. The molecule has 0 spiro atoms. The van der Waals surface area contributed by atoms with Crippen LogP contribution in [0.5, 0.6) is 0 Å². The van der Waals surface area contributed by atoms with Crippen LogP contribution in [0.15, 0.2) is 48.8 Å². The molecule has 0 unspecified atom stereocenters. The molecule has 0 fully saturated rings. The van der Waals surface area contributed by atoms with Gasteiger partial charge < -0.3 is 16.0 Å². The highest BCUT2D eigenvalue weighted by Gasteiger charge is 2.00. The number of hydrogen-bond acceptors (Lipinski definition) is 4. The monoisotopic (exact) mass is 274 g/mol. The number of anilines is 2. The van der Waals surface area contributed by atoms with Crippen molar-refractivity contribution < 1.29 is 9.18 Å². The van der Waals surface area contributed by atoms with Gasteiger partial charge in [-0.2, -0.15) is 0 Å². The molecular formula is C14H15FN4O. The number of pyridine rings is 1. The second kappa shape index (κ2) is 7.08. The lowest BCUT2D eigenvalue weighted by Gasteiger charge is -2.09. The van der Waals surface area contributed by atoms with Gasteiger partial charge in [0.05, 0.1) is 13.2 Å². The van der Waals surface area contributed by atoms with E-state index in [9.17, 15) is 9.18 Å². The van der Waals surface area contributed by atoms with Crippen molar-refractivity contribution in [1.82, 2.24) is 10.3 Å². The third-order valence-electron chi connectivity index (χ3n) is 2.56. The zero-order chi connectivity index (χ0) is 14.2. The number of amides is 1. The molecule has 0 aliphatic rings. The minimum absolute atomic E-state index is 0.142. The Bertz CT molecular complexity index is 545. The number of aromatic nitrogens is 1. The minimum atomic E-state index is -0.291. The molecule has 0 saturated carbocycles. The number of halogens is 1. The number of nitrogens with one attached hydrogen (secondary N) is 3. The lowest BCUT2D eigenvalue weighted by atomic mass is 10.3. The van der Waals surface area contributed by atoms with Crippen molar-refractivity contribution in [3.8, 4) is 0 Å². The first kappa shape index (κ1) is 13.8. The van der Waals surface area contributed by atoms with Crippen LogP contribution in [0.1, 0.15) is 0 Å². The first-order chi connectivity index (χ1) is 9.74. The third kappa shape index (κ3) is 4.56. The van der Waals surface area contributed by atoms with Gasteiger partial charge in [-0.3, -0.25) is 9.78 Å². The van der Waals surface area contributed by atoms with Gasteiger partial charge in [0.15, 0.2) is 0 Å². The quantitative estimate of drug-likeness (QED) is 0.703. The largest absolute Gasteiger partial charge is 0.376 e. The number of hydrogen-bond donors (Lipinski definition) is 3. The molecule has 0 radical (unpaired) electrons. The standard InChI is InChI=1S/C14H15FN4O/c15-11-1-3-12(4-2-11)18-10-19-14(20)9-17-13-5-7-16-8-6-13/h1-8,18H,9-10H2,(H,16,17)(H,19,20). The smallest absolute Gasteiger partial charge is 0.240 e. The molecule has 0 aliphatic heterocycles. The second-order valence-corrected chi connectivity index (χ2v) is 4.05. The van der Waals surface area contributed by atoms with E-state index in [2.05, 4.69) is 20.9 Å². The highest BCUT2D eigenvalue weighted by Crippen LogP contribution is 2.07. The van der Waals surface area contributed by atoms with Gasteiger partial charge in [-0.25, -0.2) is 4.39 Å². The fraction of sp³-hybridized carbons (Fsp3) is 0.143. The summed E-state index contributed by atoms with van der Waals surface area (Å²) in [5.74, 6) is -0.433. The van der Waals surface area contributed by atoms with E-state index >= 15 is 0 Å². The molecule has 104 valence electrons. The summed E-state index contributed by atoms with van der Waals surface area (Å²) in [6, 6.07) is 9.49. The maximum atomic E-state index is 12.7. The molecular weight excluding hydrogens is 259 g/mol. The third-order valence-corrected chi connectivity index (χ3v) is 2.56. The Balaban J connectivity index is 1.66. The second-order valence-electron chi connectivity index (χ2n) is 4.05. The lowest BCUT2D eigenvalue weighted by molar-refractivity contribution is -0.119. The Morgan fingerprint density at radius 2 is 1.65 bits per heavy atom. The first-order valence-corrected chi connectivity index (χ1v) is 6.14. The molecule has 3 N–H and O–H groups in total. The van der Waals surface area contributed by atoms with Crippen LogP contribution in [0.3, 0.4) is 0 Å². The van der Waals surface area contributed by atoms with Crippen LogP contribution in [0.2, 0.25) is 0 Å². The van der Waals surface area contributed by atoms with E-state index < -0.39 is 0 Å². The summed E-state index contributed by atoms with van der Waals surface area (Å²) < 4.78 is 12.7. The molecule has 1 aromatic carbocycles. The fourth-order valence-electron chi connectivity index (χ4n) is 1.53. The molecule has 0 aliphatic carbocycles. The molecule has 6 heteroatoms. The zero-order valence-corrected chi connectivity index (χ0v) is 10.8.